The average Bonchev–Trinajstić information content (AvgIpc) is 2.57. The predicted molar refractivity (Wildman–Crippen MR) is 104 cm³/mol. The third kappa shape index (κ3) is 26.1. The molecule has 154 valence electrons. The highest BCUT2D eigenvalue weighted by Gasteiger charge is 2.02. The van der Waals surface area contributed by atoms with Crippen molar-refractivity contribution in [3.05, 3.63) is 0 Å². The summed E-state index contributed by atoms with van der Waals surface area (Å²) >= 11 is 0. The molecule has 0 radical (unpaired) electrons. The van der Waals surface area contributed by atoms with Gasteiger partial charge in [0, 0.05) is 6.54 Å². The number of nitrogens with zero attached hydrogens (tertiary/aromatic N) is 1. The van der Waals surface area contributed by atoms with Gasteiger partial charge >= 0.3 is 10.4 Å². The highest BCUT2D eigenvalue weighted by Crippen LogP contribution is 2.10. The maximum Gasteiger partial charge on any atom is 0.397 e. The van der Waals surface area contributed by atoms with Gasteiger partial charge in [0.2, 0.25) is 0 Å². The Morgan fingerprint density at radius 3 is 1.56 bits per heavy atom. The molecule has 2 N–H and O–H groups in total. The van der Waals surface area contributed by atoms with Gasteiger partial charge in [0.15, 0.2) is 0 Å². The minimum Gasteiger partial charge on any atom is -0.395 e. The summed E-state index contributed by atoms with van der Waals surface area (Å²) in [6.07, 6.45) is 11.9. The van der Waals surface area contributed by atoms with Gasteiger partial charge < -0.3 is 10.0 Å². The van der Waals surface area contributed by atoms with E-state index in [1.54, 1.807) is 0 Å². The van der Waals surface area contributed by atoms with E-state index in [-0.39, 0.29) is 13.2 Å². The molecule has 0 aliphatic rings. The Bertz CT molecular complexity index is 345. The van der Waals surface area contributed by atoms with E-state index in [1.807, 2.05) is 0 Å². The largest absolute Gasteiger partial charge is 0.397 e. The molecular weight excluding hydrogens is 342 g/mol. The second-order valence-electron chi connectivity index (χ2n) is 6.18. The highest BCUT2D eigenvalue weighted by atomic mass is 32.3. The first-order valence-electron chi connectivity index (χ1n) is 9.86. The number of unbranched alkanes of at least 4 members (excludes halogenated alkanes) is 9. The van der Waals surface area contributed by atoms with Gasteiger partial charge in [-0.3, -0.25) is 4.55 Å². The van der Waals surface area contributed by atoms with Gasteiger partial charge in [-0.1, -0.05) is 78.6 Å². The van der Waals surface area contributed by atoms with Crippen LogP contribution in [0, 0.1) is 0 Å². The number of likely N-dealkylation sites (N-methyl/N-ethyl adjacent to an activating group) is 1. The maximum atomic E-state index is 10.2. The van der Waals surface area contributed by atoms with Gasteiger partial charge in [0.1, 0.15) is 0 Å². The van der Waals surface area contributed by atoms with Crippen LogP contribution < -0.4 is 0 Å². The molecule has 0 fully saturated rings. The van der Waals surface area contributed by atoms with Crippen molar-refractivity contribution in [2.24, 2.45) is 0 Å². The molecule has 0 heterocycles. The maximum absolute atomic E-state index is 10.2. The summed E-state index contributed by atoms with van der Waals surface area (Å²) in [5, 5.41) is 8.46. The van der Waals surface area contributed by atoms with E-state index in [0.29, 0.717) is 6.42 Å². The van der Waals surface area contributed by atoms with Crippen molar-refractivity contribution in [1.82, 2.24) is 4.90 Å². The SMILES string of the molecule is CCCCCCCCCCCCOS(=O)(=O)O.CCN(CC)CCO. The Morgan fingerprint density at radius 1 is 0.800 bits per heavy atom. The lowest BCUT2D eigenvalue weighted by Crippen LogP contribution is -2.25. The van der Waals surface area contributed by atoms with E-state index in [1.165, 1.54) is 44.9 Å². The molecule has 7 heteroatoms. The fourth-order valence-electron chi connectivity index (χ4n) is 2.43. The minimum absolute atomic E-state index is 0.0926. The Labute approximate surface area is 155 Å². The van der Waals surface area contributed by atoms with Crippen LogP contribution in [0.25, 0.3) is 0 Å². The second kappa shape index (κ2) is 20.1. The van der Waals surface area contributed by atoms with Crippen LogP contribution in [0.5, 0.6) is 0 Å². The highest BCUT2D eigenvalue weighted by molar-refractivity contribution is 7.80. The fourth-order valence-corrected chi connectivity index (χ4v) is 2.76. The van der Waals surface area contributed by atoms with E-state index in [0.717, 1.165) is 32.5 Å². The first-order chi connectivity index (χ1) is 11.9. The summed E-state index contributed by atoms with van der Waals surface area (Å²) in [6, 6.07) is 0. The van der Waals surface area contributed by atoms with Crippen LogP contribution in [0.3, 0.4) is 0 Å². The smallest absolute Gasteiger partial charge is 0.395 e. The van der Waals surface area contributed by atoms with Gasteiger partial charge in [-0.2, -0.15) is 8.42 Å². The first-order valence-corrected chi connectivity index (χ1v) is 11.2. The molecule has 0 aliphatic heterocycles. The first kappa shape index (κ1) is 27.0. The van der Waals surface area contributed by atoms with Crippen LogP contribution >= 0.6 is 0 Å². The van der Waals surface area contributed by atoms with Crippen molar-refractivity contribution >= 4 is 10.4 Å². The standard InChI is InChI=1S/C12H26O4S.C6H15NO/c1-2-3-4-5-6-7-8-9-10-11-12-16-17(13,14)15;1-3-7(4-2)5-6-8/h2-12H2,1H3,(H,13,14,15);8H,3-6H2,1-2H3. The summed E-state index contributed by atoms with van der Waals surface area (Å²) in [4.78, 5) is 2.18. The molecule has 0 saturated carbocycles. The molecule has 0 spiro atoms. The number of hydrogen-bond acceptors (Lipinski definition) is 5. The topological polar surface area (TPSA) is 87.1 Å². The van der Waals surface area contributed by atoms with Crippen LogP contribution in [-0.4, -0.2) is 55.8 Å². The van der Waals surface area contributed by atoms with Gasteiger partial charge in [-0.25, -0.2) is 4.18 Å². The number of hydrogen-bond donors (Lipinski definition) is 2. The van der Waals surface area contributed by atoms with E-state index in [9.17, 15) is 8.42 Å². The Morgan fingerprint density at radius 2 is 1.24 bits per heavy atom. The monoisotopic (exact) mass is 383 g/mol. The van der Waals surface area contributed by atoms with Crippen LogP contribution in [0.2, 0.25) is 0 Å². The molecule has 6 nitrogen and oxygen atoms in total. The van der Waals surface area contributed by atoms with Gasteiger partial charge in [-0.15, -0.1) is 0 Å². The average molecular weight is 384 g/mol. The molecule has 0 amide bonds. The summed E-state index contributed by atoms with van der Waals surface area (Å²) < 4.78 is 33.0. The van der Waals surface area contributed by atoms with Gasteiger partial charge in [-0.05, 0) is 19.5 Å². The van der Waals surface area contributed by atoms with Crippen LogP contribution in [-0.2, 0) is 14.6 Å². The Kier molecular flexibility index (Phi) is 21.7. The quantitative estimate of drug-likeness (QED) is 0.309. The minimum atomic E-state index is -4.23. The van der Waals surface area contributed by atoms with E-state index >= 15 is 0 Å². The third-order valence-electron chi connectivity index (χ3n) is 4.04. The molecule has 0 rings (SSSR count). The zero-order chi connectivity index (χ0) is 19.4. The fraction of sp³-hybridized carbons (Fsp3) is 1.00. The number of aliphatic hydroxyl groups is 1. The molecule has 0 aromatic carbocycles. The van der Waals surface area contributed by atoms with Crippen molar-refractivity contribution in [2.75, 3.05) is 32.8 Å². The Hall–Kier alpha value is -0.210. The van der Waals surface area contributed by atoms with Crippen molar-refractivity contribution in [2.45, 2.75) is 85.0 Å². The van der Waals surface area contributed by atoms with Gasteiger partial charge in [0.25, 0.3) is 0 Å². The second-order valence-corrected chi connectivity index (χ2v) is 7.27. The van der Waals surface area contributed by atoms with Crippen molar-refractivity contribution < 1.29 is 22.3 Å². The summed E-state index contributed by atoms with van der Waals surface area (Å²) in [5.74, 6) is 0. The lowest BCUT2D eigenvalue weighted by atomic mass is 10.1. The van der Waals surface area contributed by atoms with Crippen molar-refractivity contribution in [3.8, 4) is 0 Å². The van der Waals surface area contributed by atoms with Crippen molar-refractivity contribution in [3.63, 3.8) is 0 Å². The molecular formula is C18H41NO5S. The van der Waals surface area contributed by atoms with E-state index in [4.69, 9.17) is 9.66 Å². The zero-order valence-electron chi connectivity index (χ0n) is 16.6. The summed E-state index contributed by atoms with van der Waals surface area (Å²) in [5.41, 5.74) is 0. The summed E-state index contributed by atoms with van der Waals surface area (Å²) in [7, 11) is -4.23. The molecule has 0 atom stereocenters. The van der Waals surface area contributed by atoms with Crippen molar-refractivity contribution in [1.29, 1.82) is 0 Å². The normalized spacial score (nSPS) is 11.4. The molecule has 0 aliphatic carbocycles. The molecule has 0 saturated heterocycles. The van der Waals surface area contributed by atoms with Crippen LogP contribution in [0.1, 0.15) is 85.0 Å². The van der Waals surface area contributed by atoms with Gasteiger partial charge in [0.05, 0.1) is 13.2 Å². The summed E-state index contributed by atoms with van der Waals surface area (Å²) in [6.45, 7) is 9.67. The van der Waals surface area contributed by atoms with Crippen LogP contribution in [0.4, 0.5) is 0 Å². The Balaban J connectivity index is 0. The van der Waals surface area contributed by atoms with E-state index in [2.05, 4.69) is 29.9 Å². The van der Waals surface area contributed by atoms with Crippen LogP contribution in [0.15, 0.2) is 0 Å². The number of aliphatic hydroxyl groups excluding tert-OH is 1. The lowest BCUT2D eigenvalue weighted by molar-refractivity contribution is 0.208. The number of rotatable bonds is 16. The molecule has 25 heavy (non-hydrogen) atoms. The molecule has 0 unspecified atom stereocenters. The van der Waals surface area contributed by atoms with E-state index < -0.39 is 10.4 Å². The third-order valence-corrected chi connectivity index (χ3v) is 4.51. The lowest BCUT2D eigenvalue weighted by Gasteiger charge is -2.15. The molecule has 0 aromatic rings. The molecule has 0 bridgehead atoms. The predicted octanol–water partition coefficient (Wildman–Crippen LogP) is 4.05. The molecule has 0 aromatic heterocycles. The zero-order valence-corrected chi connectivity index (χ0v) is 17.4.